The van der Waals surface area contributed by atoms with E-state index in [2.05, 4.69) is 5.32 Å². The van der Waals surface area contributed by atoms with Crippen molar-refractivity contribution in [1.29, 1.82) is 0 Å². The Labute approximate surface area is 166 Å². The SMILES string of the molecule is O=C(COC(=O)[C@H]1CC(=O)N(c2ccccc2F)C1)NCCc1ccccc1F. The van der Waals surface area contributed by atoms with Crippen LogP contribution in [0.5, 0.6) is 0 Å². The third kappa shape index (κ3) is 5.16. The lowest BCUT2D eigenvalue weighted by molar-refractivity contribution is -0.152. The van der Waals surface area contributed by atoms with Crippen molar-refractivity contribution >= 4 is 23.5 Å². The van der Waals surface area contributed by atoms with Crippen molar-refractivity contribution in [3.8, 4) is 0 Å². The van der Waals surface area contributed by atoms with Gasteiger partial charge in [0, 0.05) is 19.5 Å². The van der Waals surface area contributed by atoms with Gasteiger partial charge in [0.2, 0.25) is 5.91 Å². The molecule has 0 bridgehead atoms. The van der Waals surface area contributed by atoms with Crippen LogP contribution in [-0.2, 0) is 25.5 Å². The summed E-state index contributed by atoms with van der Waals surface area (Å²) in [4.78, 5) is 37.3. The summed E-state index contributed by atoms with van der Waals surface area (Å²) >= 11 is 0. The standard InChI is InChI=1S/C21H20F2N2O4/c22-16-6-2-1-5-14(16)9-10-24-19(26)13-29-21(28)15-11-20(27)25(12-15)18-8-4-3-7-17(18)23/h1-8,15H,9-13H2,(H,24,26)/t15-/m0/s1. The number of hydrogen-bond acceptors (Lipinski definition) is 4. The van der Waals surface area contributed by atoms with Gasteiger partial charge >= 0.3 is 5.97 Å². The normalized spacial score (nSPS) is 16.0. The van der Waals surface area contributed by atoms with E-state index in [0.717, 1.165) is 0 Å². The highest BCUT2D eigenvalue weighted by molar-refractivity contribution is 5.99. The third-order valence-corrected chi connectivity index (χ3v) is 4.62. The van der Waals surface area contributed by atoms with Gasteiger partial charge in [0.1, 0.15) is 11.6 Å². The zero-order chi connectivity index (χ0) is 20.8. The third-order valence-electron chi connectivity index (χ3n) is 4.62. The highest BCUT2D eigenvalue weighted by Gasteiger charge is 2.37. The Kier molecular flexibility index (Phi) is 6.54. The van der Waals surface area contributed by atoms with Gasteiger partial charge in [0.05, 0.1) is 11.6 Å². The molecule has 29 heavy (non-hydrogen) atoms. The lowest BCUT2D eigenvalue weighted by atomic mass is 10.1. The number of ether oxygens (including phenoxy) is 1. The largest absolute Gasteiger partial charge is 0.455 e. The summed E-state index contributed by atoms with van der Waals surface area (Å²) in [7, 11) is 0. The Balaban J connectivity index is 1.43. The minimum atomic E-state index is -0.770. The van der Waals surface area contributed by atoms with Crippen molar-refractivity contribution in [3.05, 3.63) is 65.7 Å². The van der Waals surface area contributed by atoms with E-state index in [0.29, 0.717) is 12.0 Å². The molecule has 2 aromatic carbocycles. The molecule has 1 aliphatic heterocycles. The molecule has 0 spiro atoms. The van der Waals surface area contributed by atoms with Gasteiger partial charge in [0.25, 0.3) is 5.91 Å². The van der Waals surface area contributed by atoms with Crippen LogP contribution in [0.15, 0.2) is 48.5 Å². The number of anilines is 1. The van der Waals surface area contributed by atoms with Crippen molar-refractivity contribution in [3.63, 3.8) is 0 Å². The van der Waals surface area contributed by atoms with Gasteiger partial charge in [-0.05, 0) is 30.2 Å². The molecule has 1 N–H and O–H groups in total. The van der Waals surface area contributed by atoms with Crippen molar-refractivity contribution < 1.29 is 27.9 Å². The smallest absolute Gasteiger partial charge is 0.311 e. The first-order chi connectivity index (χ1) is 14.0. The number of amides is 2. The number of rotatable bonds is 7. The number of nitrogens with one attached hydrogen (secondary N) is 1. The average Bonchev–Trinajstić information content (AvgIpc) is 3.09. The van der Waals surface area contributed by atoms with Crippen LogP contribution in [-0.4, -0.2) is 37.5 Å². The van der Waals surface area contributed by atoms with E-state index in [1.807, 2.05) is 0 Å². The Morgan fingerprint density at radius 1 is 1.07 bits per heavy atom. The summed E-state index contributed by atoms with van der Waals surface area (Å²) in [6.07, 6.45) is 0.198. The predicted octanol–water partition coefficient (Wildman–Crippen LogP) is 2.22. The number of benzene rings is 2. The number of carbonyl (C=O) groups is 3. The molecule has 6 nitrogen and oxygen atoms in total. The molecule has 8 heteroatoms. The molecule has 0 aliphatic carbocycles. The van der Waals surface area contributed by atoms with E-state index in [1.54, 1.807) is 24.3 Å². The number of esters is 1. The molecule has 0 unspecified atom stereocenters. The van der Waals surface area contributed by atoms with Crippen molar-refractivity contribution in [2.45, 2.75) is 12.8 Å². The molecular weight excluding hydrogens is 382 g/mol. The summed E-state index contributed by atoms with van der Waals surface area (Å²) in [6, 6.07) is 12.1. The van der Waals surface area contributed by atoms with Crippen molar-refractivity contribution in [2.24, 2.45) is 5.92 Å². The lowest BCUT2D eigenvalue weighted by Gasteiger charge is -2.17. The van der Waals surface area contributed by atoms with Crippen molar-refractivity contribution in [1.82, 2.24) is 5.32 Å². The van der Waals surface area contributed by atoms with Gasteiger partial charge in [-0.15, -0.1) is 0 Å². The maximum Gasteiger partial charge on any atom is 0.311 e. The van der Waals surface area contributed by atoms with Crippen LogP contribution in [0.3, 0.4) is 0 Å². The maximum atomic E-state index is 13.9. The molecule has 1 saturated heterocycles. The quantitative estimate of drug-likeness (QED) is 0.721. The van der Waals surface area contributed by atoms with E-state index >= 15 is 0 Å². The minimum Gasteiger partial charge on any atom is -0.455 e. The van der Waals surface area contributed by atoms with E-state index in [1.165, 1.54) is 29.2 Å². The van der Waals surface area contributed by atoms with Gasteiger partial charge in [-0.1, -0.05) is 30.3 Å². The Morgan fingerprint density at radius 2 is 1.76 bits per heavy atom. The fourth-order valence-corrected chi connectivity index (χ4v) is 3.11. The van der Waals surface area contributed by atoms with Crippen LogP contribution >= 0.6 is 0 Å². The number of halogens is 2. The van der Waals surface area contributed by atoms with E-state index in [-0.39, 0.29) is 36.9 Å². The van der Waals surface area contributed by atoms with Crippen LogP contribution in [0.4, 0.5) is 14.5 Å². The summed E-state index contributed by atoms with van der Waals surface area (Å²) in [5.74, 6) is -3.27. The molecular formula is C21H20F2N2O4. The van der Waals surface area contributed by atoms with Crippen LogP contribution in [0.1, 0.15) is 12.0 Å². The van der Waals surface area contributed by atoms with Crippen LogP contribution < -0.4 is 10.2 Å². The Hall–Kier alpha value is -3.29. The first kappa shape index (κ1) is 20.4. The van der Waals surface area contributed by atoms with E-state index in [4.69, 9.17) is 4.74 Å². The molecule has 1 fully saturated rings. The molecule has 0 radical (unpaired) electrons. The Bertz CT molecular complexity index is 919. The lowest BCUT2D eigenvalue weighted by Crippen LogP contribution is -2.32. The number of carbonyl (C=O) groups excluding carboxylic acids is 3. The second kappa shape index (κ2) is 9.27. The van der Waals surface area contributed by atoms with Gasteiger partial charge in [0.15, 0.2) is 6.61 Å². The molecule has 2 aromatic rings. The average molecular weight is 402 g/mol. The maximum absolute atomic E-state index is 13.9. The number of nitrogens with zero attached hydrogens (tertiary/aromatic N) is 1. The van der Waals surface area contributed by atoms with Gasteiger partial charge in [-0.3, -0.25) is 14.4 Å². The van der Waals surface area contributed by atoms with Crippen LogP contribution in [0, 0.1) is 17.6 Å². The van der Waals surface area contributed by atoms with Gasteiger partial charge < -0.3 is 15.0 Å². The summed E-state index contributed by atoms with van der Waals surface area (Å²) in [5.41, 5.74) is 0.584. The predicted molar refractivity (Wildman–Crippen MR) is 101 cm³/mol. The molecule has 152 valence electrons. The second-order valence-electron chi connectivity index (χ2n) is 6.66. The van der Waals surface area contributed by atoms with E-state index in [9.17, 15) is 23.2 Å². The molecule has 1 heterocycles. The summed E-state index contributed by atoms with van der Waals surface area (Å²) < 4.78 is 32.4. The fraction of sp³-hybridized carbons (Fsp3) is 0.286. The fourth-order valence-electron chi connectivity index (χ4n) is 3.11. The minimum absolute atomic E-state index is 0.00645. The number of para-hydroxylation sites is 1. The summed E-state index contributed by atoms with van der Waals surface area (Å²) in [6.45, 7) is -0.311. The zero-order valence-corrected chi connectivity index (χ0v) is 15.6. The van der Waals surface area contributed by atoms with Crippen LogP contribution in [0.25, 0.3) is 0 Å². The highest BCUT2D eigenvalue weighted by Crippen LogP contribution is 2.27. The topological polar surface area (TPSA) is 75.7 Å². The van der Waals surface area contributed by atoms with Crippen molar-refractivity contribution in [2.75, 3.05) is 24.6 Å². The summed E-state index contributed by atoms with van der Waals surface area (Å²) in [5, 5.41) is 2.55. The molecule has 3 rings (SSSR count). The molecule has 2 amide bonds. The van der Waals surface area contributed by atoms with Crippen LogP contribution in [0.2, 0.25) is 0 Å². The molecule has 0 saturated carbocycles. The monoisotopic (exact) mass is 402 g/mol. The van der Waals surface area contributed by atoms with Gasteiger partial charge in [-0.25, -0.2) is 8.78 Å². The van der Waals surface area contributed by atoms with Gasteiger partial charge in [-0.2, -0.15) is 0 Å². The zero-order valence-electron chi connectivity index (χ0n) is 15.6. The number of hydrogen-bond donors (Lipinski definition) is 1. The molecule has 0 aromatic heterocycles. The Morgan fingerprint density at radius 3 is 2.48 bits per heavy atom. The van der Waals surface area contributed by atoms with E-state index < -0.39 is 30.2 Å². The second-order valence-corrected chi connectivity index (χ2v) is 6.66. The highest BCUT2D eigenvalue weighted by atomic mass is 19.1. The first-order valence-corrected chi connectivity index (χ1v) is 9.17. The molecule has 1 aliphatic rings. The molecule has 1 atom stereocenters. The first-order valence-electron chi connectivity index (χ1n) is 9.17.